The zero-order valence-electron chi connectivity index (χ0n) is 15.4. The number of aromatic nitrogens is 1. The van der Waals surface area contributed by atoms with E-state index in [2.05, 4.69) is 44.5 Å². The summed E-state index contributed by atoms with van der Waals surface area (Å²) in [5, 5.41) is 6.46. The first-order chi connectivity index (χ1) is 13.8. The molecule has 0 atom stereocenters. The fourth-order valence-corrected chi connectivity index (χ4v) is 3.16. The lowest BCUT2D eigenvalue weighted by atomic mass is 10.2. The van der Waals surface area contributed by atoms with Crippen molar-refractivity contribution >= 4 is 11.8 Å². The van der Waals surface area contributed by atoms with Crippen LogP contribution in [-0.2, 0) is 0 Å². The number of furan rings is 1. The molecule has 8 nitrogen and oxygen atoms in total. The topological polar surface area (TPSA) is 84.0 Å². The molecule has 4 rings (SSSR count). The summed E-state index contributed by atoms with van der Waals surface area (Å²) in [5.74, 6) is 1.03. The molecule has 1 amide bonds. The Morgan fingerprint density at radius 1 is 1.07 bits per heavy atom. The first-order valence-corrected chi connectivity index (χ1v) is 9.26. The van der Waals surface area contributed by atoms with Crippen LogP contribution in [0.1, 0.15) is 0 Å². The van der Waals surface area contributed by atoms with E-state index in [9.17, 15) is 4.79 Å². The zero-order chi connectivity index (χ0) is 19.2. The summed E-state index contributed by atoms with van der Waals surface area (Å²) in [7, 11) is 0. The van der Waals surface area contributed by atoms with E-state index >= 15 is 0 Å². The van der Waals surface area contributed by atoms with Crippen LogP contribution >= 0.6 is 0 Å². The van der Waals surface area contributed by atoms with Crippen LogP contribution in [0.5, 0.6) is 5.88 Å². The molecule has 1 N–H and O–H groups in total. The van der Waals surface area contributed by atoms with Crippen molar-refractivity contribution in [2.45, 2.75) is 0 Å². The molecule has 3 heterocycles. The molecule has 0 radical (unpaired) electrons. The molecule has 1 fully saturated rings. The molecule has 8 heteroatoms. The van der Waals surface area contributed by atoms with Crippen LogP contribution in [0.3, 0.4) is 0 Å². The van der Waals surface area contributed by atoms with Gasteiger partial charge in [0.05, 0.1) is 12.3 Å². The van der Waals surface area contributed by atoms with E-state index in [4.69, 9.17) is 13.7 Å². The predicted molar refractivity (Wildman–Crippen MR) is 103 cm³/mol. The second-order valence-electron chi connectivity index (χ2n) is 6.49. The van der Waals surface area contributed by atoms with Gasteiger partial charge in [-0.1, -0.05) is 18.2 Å². The van der Waals surface area contributed by atoms with E-state index in [1.165, 1.54) is 18.0 Å². The quantitative estimate of drug-likeness (QED) is 0.702. The predicted octanol–water partition coefficient (Wildman–Crippen LogP) is 2.85. The lowest BCUT2D eigenvalue weighted by Gasteiger charge is -2.36. The number of rotatable bonds is 6. The average molecular weight is 382 g/mol. The fraction of sp³-hybridized carbons (Fsp3) is 0.300. The van der Waals surface area contributed by atoms with Crippen LogP contribution in [0, 0.1) is 0 Å². The molecule has 28 heavy (non-hydrogen) atoms. The molecule has 1 aromatic carbocycles. The number of anilines is 1. The molecule has 1 aliphatic heterocycles. The number of amides is 1. The van der Waals surface area contributed by atoms with Crippen LogP contribution in [0.25, 0.3) is 11.5 Å². The number of nitrogens with one attached hydrogen (secondary N) is 1. The van der Waals surface area contributed by atoms with E-state index in [0.717, 1.165) is 32.7 Å². The Bertz CT molecular complexity index is 871. The van der Waals surface area contributed by atoms with Crippen LogP contribution < -0.4 is 15.0 Å². The molecule has 2 aromatic heterocycles. The summed E-state index contributed by atoms with van der Waals surface area (Å²) in [6, 6.07) is 15.4. The van der Waals surface area contributed by atoms with Crippen LogP contribution in [0.15, 0.2) is 63.7 Å². The summed E-state index contributed by atoms with van der Waals surface area (Å²) in [6.45, 7) is 5.15. The maximum absolute atomic E-state index is 11.9. The number of benzene rings is 1. The molecular formula is C20H22N4O4. The average Bonchev–Trinajstić information content (AvgIpc) is 3.41. The second-order valence-corrected chi connectivity index (χ2v) is 6.49. The highest BCUT2D eigenvalue weighted by molar-refractivity contribution is 5.70. The number of ether oxygens (including phenoxy) is 1. The highest BCUT2D eigenvalue weighted by Gasteiger charge is 2.17. The minimum atomic E-state index is -0.554. The van der Waals surface area contributed by atoms with Gasteiger partial charge in [0.2, 0.25) is 5.76 Å². The van der Waals surface area contributed by atoms with E-state index < -0.39 is 6.09 Å². The van der Waals surface area contributed by atoms with Crippen molar-refractivity contribution < 1.29 is 18.5 Å². The highest BCUT2D eigenvalue weighted by atomic mass is 16.6. The van der Waals surface area contributed by atoms with Gasteiger partial charge in [-0.3, -0.25) is 4.90 Å². The summed E-state index contributed by atoms with van der Waals surface area (Å²) in [4.78, 5) is 16.6. The number of hydrogen-bond acceptors (Lipinski definition) is 7. The number of nitrogens with zero attached hydrogens (tertiary/aromatic N) is 3. The molecule has 1 aliphatic rings. The molecule has 146 valence electrons. The Balaban J connectivity index is 1.16. The number of carbonyl (C=O) groups is 1. The minimum Gasteiger partial charge on any atom is -0.461 e. The van der Waals surface area contributed by atoms with Gasteiger partial charge in [-0.2, -0.15) is 0 Å². The molecular weight excluding hydrogens is 360 g/mol. The van der Waals surface area contributed by atoms with Gasteiger partial charge in [0.25, 0.3) is 5.88 Å². The van der Waals surface area contributed by atoms with Gasteiger partial charge < -0.3 is 23.9 Å². The molecule has 0 aliphatic carbocycles. The van der Waals surface area contributed by atoms with Gasteiger partial charge in [-0.15, -0.1) is 0 Å². The van der Waals surface area contributed by atoms with Crippen LogP contribution in [0.4, 0.5) is 10.5 Å². The lowest BCUT2D eigenvalue weighted by Crippen LogP contribution is -2.48. The molecule has 0 unspecified atom stereocenters. The smallest absolute Gasteiger partial charge is 0.414 e. The monoisotopic (exact) mass is 382 g/mol. The van der Waals surface area contributed by atoms with Crippen molar-refractivity contribution in [1.82, 2.24) is 15.4 Å². The van der Waals surface area contributed by atoms with E-state index in [-0.39, 0.29) is 5.88 Å². The summed E-state index contributed by atoms with van der Waals surface area (Å²) >= 11 is 0. The van der Waals surface area contributed by atoms with Crippen molar-refractivity contribution in [3.63, 3.8) is 0 Å². The van der Waals surface area contributed by atoms with E-state index in [0.29, 0.717) is 18.1 Å². The standard InChI is InChI=1S/C20H22N4O4/c25-20(27-19-15-18(28-22-19)17-7-4-14-26-17)21-8-9-23-10-12-24(13-11-23)16-5-2-1-3-6-16/h1-7,14-15H,8-13H2,(H,21,25). The number of hydrogen-bond donors (Lipinski definition) is 1. The Kier molecular flexibility index (Phi) is 5.58. The third-order valence-electron chi connectivity index (χ3n) is 4.64. The Morgan fingerprint density at radius 2 is 1.89 bits per heavy atom. The van der Waals surface area contributed by atoms with Crippen LogP contribution in [-0.4, -0.2) is 55.4 Å². The maximum Gasteiger partial charge on any atom is 0.414 e. The zero-order valence-corrected chi connectivity index (χ0v) is 15.4. The number of piperazine rings is 1. The first kappa shape index (κ1) is 18.1. The first-order valence-electron chi connectivity index (χ1n) is 9.26. The molecule has 0 saturated carbocycles. The minimum absolute atomic E-state index is 0.0976. The Hall–Kier alpha value is -3.26. The van der Waals surface area contributed by atoms with Crippen molar-refractivity contribution in [2.24, 2.45) is 0 Å². The van der Waals surface area contributed by atoms with Gasteiger partial charge in [0.15, 0.2) is 5.76 Å². The van der Waals surface area contributed by atoms with Gasteiger partial charge in [0, 0.05) is 45.0 Å². The Morgan fingerprint density at radius 3 is 2.64 bits per heavy atom. The second kappa shape index (κ2) is 8.62. The number of para-hydroxylation sites is 1. The van der Waals surface area contributed by atoms with Gasteiger partial charge in [-0.05, 0) is 29.4 Å². The normalized spacial score (nSPS) is 14.8. The molecule has 3 aromatic rings. The van der Waals surface area contributed by atoms with Crippen molar-refractivity contribution in [1.29, 1.82) is 0 Å². The van der Waals surface area contributed by atoms with E-state index in [1.807, 2.05) is 6.07 Å². The Labute approximate surface area is 162 Å². The number of carbonyl (C=O) groups excluding carboxylic acids is 1. The van der Waals surface area contributed by atoms with Gasteiger partial charge >= 0.3 is 6.09 Å². The van der Waals surface area contributed by atoms with E-state index in [1.54, 1.807) is 12.1 Å². The van der Waals surface area contributed by atoms with Crippen molar-refractivity contribution in [2.75, 3.05) is 44.2 Å². The fourth-order valence-electron chi connectivity index (χ4n) is 3.16. The largest absolute Gasteiger partial charge is 0.461 e. The third-order valence-corrected chi connectivity index (χ3v) is 4.64. The lowest BCUT2D eigenvalue weighted by molar-refractivity contribution is 0.191. The van der Waals surface area contributed by atoms with Crippen LogP contribution in [0.2, 0.25) is 0 Å². The molecule has 0 spiro atoms. The van der Waals surface area contributed by atoms with Crippen molar-refractivity contribution in [3.05, 3.63) is 54.8 Å². The SMILES string of the molecule is O=C(NCCN1CCN(c2ccccc2)CC1)Oc1cc(-c2ccco2)on1. The maximum atomic E-state index is 11.9. The summed E-state index contributed by atoms with van der Waals surface area (Å²) in [6.07, 6.45) is 0.979. The third kappa shape index (κ3) is 4.52. The van der Waals surface area contributed by atoms with Gasteiger partial charge in [0.1, 0.15) is 0 Å². The van der Waals surface area contributed by atoms with Gasteiger partial charge in [-0.25, -0.2) is 4.79 Å². The molecule has 1 saturated heterocycles. The summed E-state index contributed by atoms with van der Waals surface area (Å²) < 4.78 is 15.4. The summed E-state index contributed by atoms with van der Waals surface area (Å²) in [5.41, 5.74) is 1.25. The highest BCUT2D eigenvalue weighted by Crippen LogP contribution is 2.23. The van der Waals surface area contributed by atoms with Crippen molar-refractivity contribution in [3.8, 4) is 17.4 Å². The molecule has 0 bridgehead atoms.